The Kier molecular flexibility index (Phi) is 10.9. The van der Waals surface area contributed by atoms with Crippen LogP contribution in [0.3, 0.4) is 0 Å². The topological polar surface area (TPSA) is 118 Å². The lowest BCUT2D eigenvalue weighted by Crippen LogP contribution is -2.46. The van der Waals surface area contributed by atoms with Gasteiger partial charge in [0, 0.05) is 55.8 Å². The van der Waals surface area contributed by atoms with Gasteiger partial charge in [0.05, 0.1) is 13.2 Å². The molecule has 2 fully saturated rings. The van der Waals surface area contributed by atoms with Gasteiger partial charge in [-0.05, 0) is 73.6 Å². The summed E-state index contributed by atoms with van der Waals surface area (Å²) in [7, 11) is 1.61. The highest BCUT2D eigenvalue weighted by Gasteiger charge is 2.43. The Hall–Kier alpha value is -5.06. The molecule has 0 spiro atoms. The zero-order chi connectivity index (χ0) is 35.2. The average Bonchev–Trinajstić information content (AvgIpc) is 3.78. The van der Waals surface area contributed by atoms with Gasteiger partial charge in [-0.1, -0.05) is 44.2 Å². The molecule has 0 saturated carbocycles. The van der Waals surface area contributed by atoms with E-state index in [9.17, 15) is 19.2 Å². The number of ether oxygens (including phenoxy) is 3. The van der Waals surface area contributed by atoms with E-state index in [2.05, 4.69) is 5.32 Å². The molecule has 0 aromatic heterocycles. The van der Waals surface area contributed by atoms with Crippen LogP contribution < -0.4 is 19.5 Å². The van der Waals surface area contributed by atoms with Crippen LogP contribution >= 0.6 is 0 Å². The normalized spacial score (nSPS) is 19.6. The van der Waals surface area contributed by atoms with Gasteiger partial charge in [0.15, 0.2) is 11.5 Å². The number of hydrogen-bond acceptors (Lipinski definition) is 7. The lowest BCUT2D eigenvalue weighted by Gasteiger charge is -2.31. The molecule has 264 valence electrons. The number of carbonyl (C=O) groups is 4. The van der Waals surface area contributed by atoms with Crippen LogP contribution in [0.15, 0.2) is 66.7 Å². The third-order valence-corrected chi connectivity index (χ3v) is 9.60. The second-order valence-corrected chi connectivity index (χ2v) is 13.5. The summed E-state index contributed by atoms with van der Waals surface area (Å²) in [6, 6.07) is 19.1. The summed E-state index contributed by atoms with van der Waals surface area (Å²) in [5, 5.41) is 3.05. The maximum atomic E-state index is 14.2. The second kappa shape index (κ2) is 15.7. The number of para-hydroxylation sites is 1. The summed E-state index contributed by atoms with van der Waals surface area (Å²) in [5.41, 5.74) is 2.67. The third-order valence-electron chi connectivity index (χ3n) is 9.60. The van der Waals surface area contributed by atoms with Gasteiger partial charge in [0.1, 0.15) is 11.8 Å². The average molecular weight is 683 g/mol. The molecule has 0 unspecified atom stereocenters. The summed E-state index contributed by atoms with van der Waals surface area (Å²) in [4.78, 5) is 60.8. The van der Waals surface area contributed by atoms with E-state index in [4.69, 9.17) is 14.2 Å². The van der Waals surface area contributed by atoms with Gasteiger partial charge in [0.2, 0.25) is 18.6 Å². The molecule has 2 atom stereocenters. The highest BCUT2D eigenvalue weighted by atomic mass is 16.7. The van der Waals surface area contributed by atoms with Crippen molar-refractivity contribution in [2.75, 3.05) is 46.6 Å². The number of amides is 4. The molecule has 11 nitrogen and oxygen atoms in total. The minimum absolute atomic E-state index is 0.0163. The SMILES string of the molecule is COc1ccccc1-c1cccc(C(=O)N2C[C@@H]3C[C@H]2C(=O)NCCCCN(C(=O)c2ccc4c(c2)OCO4)CCCN3C(=O)CC(C)C)c1. The fraction of sp³-hybridized carbons (Fsp3) is 0.436. The van der Waals surface area contributed by atoms with E-state index in [1.54, 1.807) is 36.3 Å². The number of methoxy groups -OCH3 is 1. The number of carbonyl (C=O) groups excluding carboxylic acids is 4. The van der Waals surface area contributed by atoms with Crippen LogP contribution in [0, 0.1) is 5.92 Å². The first kappa shape index (κ1) is 34.8. The molecule has 3 aromatic carbocycles. The first-order chi connectivity index (χ1) is 24.2. The van der Waals surface area contributed by atoms with Crippen LogP contribution in [-0.4, -0.2) is 97.0 Å². The second-order valence-electron chi connectivity index (χ2n) is 13.5. The molecule has 3 aliphatic rings. The molecule has 3 aromatic rings. The van der Waals surface area contributed by atoms with Crippen molar-refractivity contribution >= 4 is 23.6 Å². The quantitative estimate of drug-likeness (QED) is 0.389. The van der Waals surface area contributed by atoms with Crippen molar-refractivity contribution in [1.82, 2.24) is 20.0 Å². The molecular formula is C39H46N4O7. The standard InChI is InChI=1S/C39H46N4O7/c1-26(2)20-36(44)42-19-9-18-41(38(46)29-14-15-34-35(22-29)50-25-49-34)17-7-6-16-40-37(45)32-23-30(42)24-43(32)39(47)28-11-8-10-27(21-28)31-12-4-5-13-33(31)48-3/h4-5,8,10-15,21-22,26,30,32H,6-7,9,16-20,23-25H2,1-3H3,(H,40,45)/t30-,32-/m0/s1. The number of rotatable bonds is 6. The van der Waals surface area contributed by atoms with Crippen LogP contribution in [0.2, 0.25) is 0 Å². The third kappa shape index (κ3) is 7.72. The summed E-state index contributed by atoms with van der Waals surface area (Å²) >= 11 is 0. The van der Waals surface area contributed by atoms with Gasteiger partial charge in [-0.2, -0.15) is 0 Å². The molecule has 2 saturated heterocycles. The van der Waals surface area contributed by atoms with E-state index in [0.29, 0.717) is 86.7 Å². The Labute approximate surface area is 293 Å². The molecule has 50 heavy (non-hydrogen) atoms. The summed E-state index contributed by atoms with van der Waals surface area (Å²) in [6.07, 6.45) is 2.59. The van der Waals surface area contributed by atoms with Crippen molar-refractivity contribution in [2.24, 2.45) is 5.92 Å². The van der Waals surface area contributed by atoms with Crippen molar-refractivity contribution in [2.45, 2.75) is 58.0 Å². The maximum Gasteiger partial charge on any atom is 0.254 e. The van der Waals surface area contributed by atoms with E-state index in [-0.39, 0.29) is 48.9 Å². The summed E-state index contributed by atoms with van der Waals surface area (Å²) in [5.74, 6) is 1.37. The van der Waals surface area contributed by atoms with E-state index in [1.165, 1.54) is 0 Å². The van der Waals surface area contributed by atoms with Gasteiger partial charge in [-0.15, -0.1) is 0 Å². The Morgan fingerprint density at radius 1 is 0.860 bits per heavy atom. The largest absolute Gasteiger partial charge is 0.496 e. The first-order valence-electron chi connectivity index (χ1n) is 17.5. The smallest absolute Gasteiger partial charge is 0.254 e. The monoisotopic (exact) mass is 682 g/mol. The lowest BCUT2D eigenvalue weighted by atomic mass is 10.0. The van der Waals surface area contributed by atoms with Crippen molar-refractivity contribution in [3.05, 3.63) is 77.9 Å². The number of likely N-dealkylation sites (tertiary alicyclic amines) is 1. The van der Waals surface area contributed by atoms with E-state index >= 15 is 0 Å². The van der Waals surface area contributed by atoms with E-state index in [1.807, 2.05) is 66.1 Å². The van der Waals surface area contributed by atoms with E-state index < -0.39 is 6.04 Å². The Balaban J connectivity index is 1.24. The summed E-state index contributed by atoms with van der Waals surface area (Å²) in [6.45, 7) is 6.14. The number of nitrogens with one attached hydrogen (secondary N) is 1. The number of hydrogen-bond donors (Lipinski definition) is 1. The van der Waals surface area contributed by atoms with Crippen LogP contribution in [0.1, 0.15) is 66.7 Å². The van der Waals surface area contributed by atoms with Crippen molar-refractivity contribution in [3.63, 3.8) is 0 Å². The maximum absolute atomic E-state index is 14.2. The molecule has 0 aliphatic carbocycles. The number of nitrogens with zero attached hydrogens (tertiary/aromatic N) is 3. The minimum atomic E-state index is -0.719. The summed E-state index contributed by atoms with van der Waals surface area (Å²) < 4.78 is 16.5. The highest BCUT2D eigenvalue weighted by molar-refractivity contribution is 5.99. The Morgan fingerprint density at radius 2 is 1.64 bits per heavy atom. The highest BCUT2D eigenvalue weighted by Crippen LogP contribution is 2.34. The van der Waals surface area contributed by atoms with Gasteiger partial charge < -0.3 is 34.2 Å². The van der Waals surface area contributed by atoms with Crippen LogP contribution in [0.5, 0.6) is 17.2 Å². The Bertz CT molecular complexity index is 1730. The first-order valence-corrected chi connectivity index (χ1v) is 17.5. The molecular weight excluding hydrogens is 636 g/mol. The van der Waals surface area contributed by atoms with Crippen LogP contribution in [0.25, 0.3) is 11.1 Å². The van der Waals surface area contributed by atoms with Crippen molar-refractivity contribution < 1.29 is 33.4 Å². The molecule has 0 radical (unpaired) electrons. The van der Waals surface area contributed by atoms with Crippen LogP contribution in [0.4, 0.5) is 0 Å². The molecule has 4 amide bonds. The predicted molar refractivity (Wildman–Crippen MR) is 188 cm³/mol. The van der Waals surface area contributed by atoms with Gasteiger partial charge in [0.25, 0.3) is 11.8 Å². The number of benzene rings is 3. The fourth-order valence-corrected chi connectivity index (χ4v) is 7.07. The van der Waals surface area contributed by atoms with E-state index in [0.717, 1.165) is 11.1 Å². The minimum Gasteiger partial charge on any atom is -0.496 e. The predicted octanol–water partition coefficient (Wildman–Crippen LogP) is 4.99. The van der Waals surface area contributed by atoms with Crippen LogP contribution in [-0.2, 0) is 9.59 Å². The molecule has 11 heteroatoms. The fourth-order valence-electron chi connectivity index (χ4n) is 7.07. The zero-order valence-electron chi connectivity index (χ0n) is 29.1. The zero-order valence-corrected chi connectivity index (χ0v) is 29.1. The molecule has 2 bridgehead atoms. The van der Waals surface area contributed by atoms with Gasteiger partial charge >= 0.3 is 0 Å². The van der Waals surface area contributed by atoms with Crippen molar-refractivity contribution in [1.29, 1.82) is 0 Å². The molecule has 6 rings (SSSR count). The Morgan fingerprint density at radius 3 is 2.46 bits per heavy atom. The number of fused-ring (bicyclic) bond motifs is 3. The van der Waals surface area contributed by atoms with Gasteiger partial charge in [-0.3, -0.25) is 19.2 Å². The van der Waals surface area contributed by atoms with Crippen molar-refractivity contribution in [3.8, 4) is 28.4 Å². The lowest BCUT2D eigenvalue weighted by molar-refractivity contribution is -0.134. The molecule has 1 N–H and O–H groups in total. The molecule has 3 aliphatic heterocycles. The van der Waals surface area contributed by atoms with Gasteiger partial charge in [-0.25, -0.2) is 0 Å². The molecule has 3 heterocycles.